The van der Waals surface area contributed by atoms with E-state index in [1.807, 2.05) is 97.1 Å². The fourth-order valence-corrected chi connectivity index (χ4v) is 4.55. The summed E-state index contributed by atoms with van der Waals surface area (Å²) in [4.78, 5) is 28.4. The minimum absolute atomic E-state index is 0.149. The van der Waals surface area contributed by atoms with Gasteiger partial charge >= 0.3 is 0 Å². The molecule has 1 fully saturated rings. The van der Waals surface area contributed by atoms with Gasteiger partial charge in [0.05, 0.1) is 5.56 Å². The molecule has 0 bridgehead atoms. The van der Waals surface area contributed by atoms with Crippen LogP contribution in [0.1, 0.15) is 39.1 Å². The monoisotopic (exact) mass is 475 g/mol. The predicted molar refractivity (Wildman–Crippen MR) is 145 cm³/mol. The van der Waals surface area contributed by atoms with Gasteiger partial charge in [-0.3, -0.25) is 9.59 Å². The van der Waals surface area contributed by atoms with Crippen molar-refractivity contribution in [2.75, 3.05) is 23.3 Å². The first-order valence-electron chi connectivity index (χ1n) is 12.4. The Labute approximate surface area is 211 Å². The molecule has 5 rings (SSSR count). The Bertz CT molecular complexity index is 1330. The van der Waals surface area contributed by atoms with Crippen LogP contribution in [0.15, 0.2) is 103 Å². The zero-order chi connectivity index (χ0) is 24.7. The maximum Gasteiger partial charge on any atom is 0.255 e. The third kappa shape index (κ3) is 5.47. The summed E-state index contributed by atoms with van der Waals surface area (Å²) in [6.45, 7) is 2.31. The quantitative estimate of drug-likeness (QED) is 0.338. The molecule has 0 aromatic heterocycles. The van der Waals surface area contributed by atoms with Crippen LogP contribution in [0.3, 0.4) is 0 Å². The normalized spacial score (nSPS) is 12.8. The minimum atomic E-state index is -0.209. The summed E-state index contributed by atoms with van der Waals surface area (Å²) in [5, 5.41) is 6.00. The lowest BCUT2D eigenvalue weighted by atomic mass is 10.0. The molecule has 0 aliphatic carbocycles. The third-order valence-corrected chi connectivity index (χ3v) is 6.50. The van der Waals surface area contributed by atoms with Crippen molar-refractivity contribution in [2.45, 2.75) is 19.4 Å². The van der Waals surface area contributed by atoms with Crippen LogP contribution in [0, 0.1) is 0 Å². The summed E-state index contributed by atoms with van der Waals surface area (Å²) in [5.41, 5.74) is 5.84. The van der Waals surface area contributed by atoms with E-state index < -0.39 is 0 Å². The lowest BCUT2D eigenvalue weighted by Crippen LogP contribution is -2.27. The Morgan fingerprint density at radius 2 is 1.33 bits per heavy atom. The molecular weight excluding hydrogens is 446 g/mol. The van der Waals surface area contributed by atoms with Gasteiger partial charge in [-0.15, -0.1) is 0 Å². The highest BCUT2D eigenvalue weighted by atomic mass is 16.2. The van der Waals surface area contributed by atoms with E-state index in [0.717, 1.165) is 48.3 Å². The van der Waals surface area contributed by atoms with Gasteiger partial charge in [0.2, 0.25) is 0 Å². The van der Waals surface area contributed by atoms with Crippen molar-refractivity contribution >= 4 is 23.2 Å². The molecule has 4 aromatic rings. The van der Waals surface area contributed by atoms with Crippen molar-refractivity contribution in [1.82, 2.24) is 5.32 Å². The van der Waals surface area contributed by atoms with Crippen LogP contribution in [0.5, 0.6) is 0 Å². The molecule has 0 radical (unpaired) electrons. The summed E-state index contributed by atoms with van der Waals surface area (Å²) >= 11 is 0. The molecule has 2 amide bonds. The number of nitrogens with one attached hydrogen (secondary N) is 2. The molecule has 1 heterocycles. The van der Waals surface area contributed by atoms with Gasteiger partial charge in [-0.25, -0.2) is 0 Å². The van der Waals surface area contributed by atoms with Crippen molar-refractivity contribution in [1.29, 1.82) is 0 Å². The maximum absolute atomic E-state index is 13.2. The highest BCUT2D eigenvalue weighted by molar-refractivity contribution is 6.06. The second-order valence-corrected chi connectivity index (χ2v) is 8.99. The zero-order valence-electron chi connectivity index (χ0n) is 20.1. The molecule has 0 saturated carbocycles. The first-order chi connectivity index (χ1) is 17.7. The summed E-state index contributed by atoms with van der Waals surface area (Å²) in [6, 6.07) is 33.0. The first-order valence-corrected chi connectivity index (χ1v) is 12.4. The van der Waals surface area contributed by atoms with Crippen molar-refractivity contribution in [3.63, 3.8) is 0 Å². The molecule has 5 nitrogen and oxygen atoms in total. The van der Waals surface area contributed by atoms with Crippen LogP contribution < -0.4 is 15.5 Å². The first kappa shape index (κ1) is 23.4. The average molecular weight is 476 g/mol. The van der Waals surface area contributed by atoms with Crippen LogP contribution in [0.25, 0.3) is 11.1 Å². The van der Waals surface area contributed by atoms with Crippen LogP contribution in [-0.4, -0.2) is 24.9 Å². The van der Waals surface area contributed by atoms with E-state index in [1.54, 1.807) is 6.07 Å². The van der Waals surface area contributed by atoms with Gasteiger partial charge in [-0.05, 0) is 59.9 Å². The van der Waals surface area contributed by atoms with E-state index in [1.165, 1.54) is 0 Å². The largest absolute Gasteiger partial charge is 0.371 e. The van der Waals surface area contributed by atoms with E-state index in [9.17, 15) is 9.59 Å². The second kappa shape index (κ2) is 10.9. The number of carbonyl (C=O) groups excluding carboxylic acids is 2. The Balaban J connectivity index is 1.33. The second-order valence-electron chi connectivity index (χ2n) is 8.99. The van der Waals surface area contributed by atoms with E-state index in [0.29, 0.717) is 23.4 Å². The van der Waals surface area contributed by atoms with Crippen LogP contribution in [-0.2, 0) is 6.54 Å². The molecule has 1 saturated heterocycles. The van der Waals surface area contributed by atoms with E-state index >= 15 is 0 Å². The number of rotatable bonds is 7. The Kier molecular flexibility index (Phi) is 7.08. The number of hydrogen-bond acceptors (Lipinski definition) is 3. The molecule has 1 aliphatic rings. The van der Waals surface area contributed by atoms with E-state index in [-0.39, 0.29) is 11.8 Å². The highest BCUT2D eigenvalue weighted by Gasteiger charge is 2.20. The number of nitrogens with zero attached hydrogens (tertiary/aromatic N) is 1. The zero-order valence-corrected chi connectivity index (χ0v) is 20.1. The van der Waals surface area contributed by atoms with Crippen molar-refractivity contribution in [3.8, 4) is 11.1 Å². The van der Waals surface area contributed by atoms with Crippen LogP contribution in [0.4, 0.5) is 11.4 Å². The number of hydrogen-bond donors (Lipinski definition) is 2. The fourth-order valence-electron chi connectivity index (χ4n) is 4.55. The molecule has 4 aromatic carbocycles. The summed E-state index contributed by atoms with van der Waals surface area (Å²) in [6.07, 6.45) is 2.23. The lowest BCUT2D eigenvalue weighted by molar-refractivity contribution is 0.0950. The van der Waals surface area contributed by atoms with Crippen molar-refractivity contribution in [2.24, 2.45) is 0 Å². The van der Waals surface area contributed by atoms with Gasteiger partial charge in [0.25, 0.3) is 11.8 Å². The minimum Gasteiger partial charge on any atom is -0.371 e. The van der Waals surface area contributed by atoms with E-state index in [4.69, 9.17) is 0 Å². The van der Waals surface area contributed by atoms with Gasteiger partial charge in [-0.1, -0.05) is 72.8 Å². The smallest absolute Gasteiger partial charge is 0.255 e. The standard InChI is InChI=1S/C31H29N3O2/c35-30(26-15-13-25(14-16-26)24-11-5-2-6-12-24)33-27-17-18-29(34-19-7-8-20-34)28(21-27)31(36)32-22-23-9-3-1-4-10-23/h1-6,9-18,21H,7-8,19-20,22H2,(H,32,36)(H,33,35). The molecule has 36 heavy (non-hydrogen) atoms. The molecular formula is C31H29N3O2. The summed E-state index contributed by atoms with van der Waals surface area (Å²) in [5.74, 6) is -0.358. The Morgan fingerprint density at radius 3 is 2.03 bits per heavy atom. The van der Waals surface area contributed by atoms with Crippen molar-refractivity contribution in [3.05, 3.63) is 120 Å². The number of carbonyl (C=O) groups is 2. The number of anilines is 2. The molecule has 0 spiro atoms. The van der Waals surface area contributed by atoms with E-state index in [2.05, 4.69) is 15.5 Å². The number of benzene rings is 4. The van der Waals surface area contributed by atoms with Crippen molar-refractivity contribution < 1.29 is 9.59 Å². The van der Waals surface area contributed by atoms with Gasteiger partial charge in [0.15, 0.2) is 0 Å². The van der Waals surface area contributed by atoms with Gasteiger partial charge in [0.1, 0.15) is 0 Å². The molecule has 5 heteroatoms. The third-order valence-electron chi connectivity index (χ3n) is 6.50. The maximum atomic E-state index is 13.2. The predicted octanol–water partition coefficient (Wildman–Crippen LogP) is 6.14. The molecule has 0 atom stereocenters. The number of amides is 2. The average Bonchev–Trinajstić information content (AvgIpc) is 3.48. The Morgan fingerprint density at radius 1 is 0.694 bits per heavy atom. The molecule has 0 unspecified atom stereocenters. The summed E-state index contributed by atoms with van der Waals surface area (Å²) in [7, 11) is 0. The Hall–Kier alpha value is -4.38. The topological polar surface area (TPSA) is 61.4 Å². The molecule has 180 valence electrons. The molecule has 1 aliphatic heterocycles. The lowest BCUT2D eigenvalue weighted by Gasteiger charge is -2.22. The SMILES string of the molecule is O=C(Nc1ccc(N2CCCC2)c(C(=O)NCc2ccccc2)c1)c1ccc(-c2ccccc2)cc1. The van der Waals surface area contributed by atoms with Gasteiger partial charge in [0, 0.05) is 36.6 Å². The van der Waals surface area contributed by atoms with Crippen LogP contribution >= 0.6 is 0 Å². The fraction of sp³-hybridized carbons (Fsp3) is 0.161. The van der Waals surface area contributed by atoms with Gasteiger partial charge < -0.3 is 15.5 Å². The molecule has 2 N–H and O–H groups in total. The summed E-state index contributed by atoms with van der Waals surface area (Å²) < 4.78 is 0. The highest BCUT2D eigenvalue weighted by Crippen LogP contribution is 2.28. The van der Waals surface area contributed by atoms with Gasteiger partial charge in [-0.2, -0.15) is 0 Å². The van der Waals surface area contributed by atoms with Crippen LogP contribution in [0.2, 0.25) is 0 Å².